The zero-order valence-electron chi connectivity index (χ0n) is 12.0. The van der Waals surface area contributed by atoms with E-state index in [2.05, 4.69) is 4.98 Å². The van der Waals surface area contributed by atoms with Gasteiger partial charge in [0.2, 0.25) is 10.0 Å². The SMILES string of the molecule is O=S(=O)(Cc1ccccc1Cl)N1CCC[C@H]1c1ccccn1. The maximum Gasteiger partial charge on any atom is 0.218 e. The number of benzene rings is 1. The summed E-state index contributed by atoms with van der Waals surface area (Å²) < 4.78 is 27.1. The van der Waals surface area contributed by atoms with Gasteiger partial charge in [0.1, 0.15) is 0 Å². The molecule has 0 unspecified atom stereocenters. The zero-order valence-corrected chi connectivity index (χ0v) is 13.6. The quantitative estimate of drug-likeness (QED) is 0.859. The fraction of sp³-hybridized carbons (Fsp3) is 0.312. The molecule has 4 nitrogen and oxygen atoms in total. The molecule has 1 atom stereocenters. The first-order valence-corrected chi connectivity index (χ1v) is 9.20. The molecule has 0 amide bonds. The molecular formula is C16H17ClN2O2S. The molecule has 0 radical (unpaired) electrons. The topological polar surface area (TPSA) is 50.3 Å². The minimum Gasteiger partial charge on any atom is -0.260 e. The molecule has 22 heavy (non-hydrogen) atoms. The monoisotopic (exact) mass is 336 g/mol. The fourth-order valence-electron chi connectivity index (χ4n) is 2.84. The Balaban J connectivity index is 1.87. The van der Waals surface area contributed by atoms with E-state index in [0.29, 0.717) is 17.1 Å². The number of rotatable bonds is 4. The van der Waals surface area contributed by atoms with Gasteiger partial charge in [-0.1, -0.05) is 35.9 Å². The van der Waals surface area contributed by atoms with Crippen molar-refractivity contribution in [1.29, 1.82) is 0 Å². The van der Waals surface area contributed by atoms with Gasteiger partial charge in [-0.2, -0.15) is 4.31 Å². The second-order valence-corrected chi connectivity index (χ2v) is 7.70. The van der Waals surface area contributed by atoms with Gasteiger partial charge in [0.05, 0.1) is 17.5 Å². The number of sulfonamides is 1. The molecule has 116 valence electrons. The summed E-state index contributed by atoms with van der Waals surface area (Å²) in [6.45, 7) is 0.536. The van der Waals surface area contributed by atoms with E-state index in [1.165, 1.54) is 0 Å². The largest absolute Gasteiger partial charge is 0.260 e. The summed E-state index contributed by atoms with van der Waals surface area (Å²) in [5, 5.41) is 0.486. The van der Waals surface area contributed by atoms with Crippen molar-refractivity contribution in [1.82, 2.24) is 9.29 Å². The van der Waals surface area contributed by atoms with Gasteiger partial charge in [-0.25, -0.2) is 8.42 Å². The molecule has 3 rings (SSSR count). The molecule has 2 aromatic rings. The molecule has 1 saturated heterocycles. The first kappa shape index (κ1) is 15.5. The van der Waals surface area contributed by atoms with Crippen molar-refractivity contribution in [2.45, 2.75) is 24.6 Å². The van der Waals surface area contributed by atoms with Crippen molar-refractivity contribution in [2.75, 3.05) is 6.54 Å². The van der Waals surface area contributed by atoms with Crippen LogP contribution in [0.1, 0.15) is 30.1 Å². The zero-order chi connectivity index (χ0) is 15.6. The van der Waals surface area contributed by atoms with Crippen molar-refractivity contribution in [3.05, 3.63) is 64.9 Å². The Bertz CT molecular complexity index is 750. The van der Waals surface area contributed by atoms with Gasteiger partial charge in [0, 0.05) is 17.8 Å². The van der Waals surface area contributed by atoms with Crippen molar-refractivity contribution in [3.8, 4) is 0 Å². The van der Waals surface area contributed by atoms with E-state index >= 15 is 0 Å². The highest BCUT2D eigenvalue weighted by Gasteiger charge is 2.36. The summed E-state index contributed by atoms with van der Waals surface area (Å²) >= 11 is 6.10. The minimum absolute atomic E-state index is 0.0734. The molecule has 1 aliphatic heterocycles. The summed E-state index contributed by atoms with van der Waals surface area (Å²) in [6, 6.07) is 12.5. The molecule has 0 bridgehead atoms. The van der Waals surface area contributed by atoms with Crippen LogP contribution in [0.15, 0.2) is 48.7 Å². The van der Waals surface area contributed by atoms with Crippen LogP contribution in [0.4, 0.5) is 0 Å². The number of hydrogen-bond acceptors (Lipinski definition) is 3. The summed E-state index contributed by atoms with van der Waals surface area (Å²) in [5.41, 5.74) is 1.44. The van der Waals surface area contributed by atoms with E-state index in [0.717, 1.165) is 18.5 Å². The lowest BCUT2D eigenvalue weighted by Crippen LogP contribution is -2.32. The lowest BCUT2D eigenvalue weighted by molar-refractivity contribution is 0.390. The van der Waals surface area contributed by atoms with Gasteiger partial charge in [-0.15, -0.1) is 0 Å². The predicted octanol–water partition coefficient (Wildman–Crippen LogP) is 3.40. The first-order chi connectivity index (χ1) is 10.6. The van der Waals surface area contributed by atoms with Crippen LogP contribution >= 0.6 is 11.6 Å². The maximum atomic E-state index is 12.8. The number of aromatic nitrogens is 1. The number of hydrogen-bond donors (Lipinski definition) is 0. The van der Waals surface area contributed by atoms with E-state index in [1.807, 2.05) is 18.2 Å². The molecule has 6 heteroatoms. The van der Waals surface area contributed by atoms with Crippen LogP contribution in [0, 0.1) is 0 Å². The lowest BCUT2D eigenvalue weighted by atomic mass is 10.1. The number of pyridine rings is 1. The molecular weight excluding hydrogens is 320 g/mol. The van der Waals surface area contributed by atoms with Crippen LogP contribution in [0.5, 0.6) is 0 Å². The highest BCUT2D eigenvalue weighted by molar-refractivity contribution is 7.88. The minimum atomic E-state index is -3.42. The normalized spacial score (nSPS) is 19.4. The molecule has 1 fully saturated rings. The van der Waals surface area contributed by atoms with Crippen molar-refractivity contribution in [2.24, 2.45) is 0 Å². The fourth-order valence-corrected chi connectivity index (χ4v) is 4.94. The summed E-state index contributed by atoms with van der Waals surface area (Å²) in [7, 11) is -3.42. The highest BCUT2D eigenvalue weighted by Crippen LogP contribution is 2.34. The molecule has 0 N–H and O–H groups in total. The van der Waals surface area contributed by atoms with Gasteiger partial charge >= 0.3 is 0 Å². The summed E-state index contributed by atoms with van der Waals surface area (Å²) in [6.07, 6.45) is 3.36. The third-order valence-corrected chi connectivity index (χ3v) is 6.08. The first-order valence-electron chi connectivity index (χ1n) is 7.22. The summed E-state index contributed by atoms with van der Waals surface area (Å²) in [5.74, 6) is -0.0734. The van der Waals surface area contributed by atoms with Gasteiger partial charge in [0.15, 0.2) is 0 Å². The van der Waals surface area contributed by atoms with Crippen LogP contribution in [0.2, 0.25) is 5.02 Å². The van der Waals surface area contributed by atoms with Crippen molar-refractivity contribution < 1.29 is 8.42 Å². The molecule has 2 heterocycles. The molecule has 1 aromatic carbocycles. The predicted molar refractivity (Wildman–Crippen MR) is 87.0 cm³/mol. The van der Waals surface area contributed by atoms with Gasteiger partial charge in [-0.05, 0) is 36.6 Å². The van der Waals surface area contributed by atoms with Crippen LogP contribution in [0.25, 0.3) is 0 Å². The van der Waals surface area contributed by atoms with Crippen LogP contribution in [-0.4, -0.2) is 24.3 Å². The summed E-state index contributed by atoms with van der Waals surface area (Å²) in [4.78, 5) is 4.32. The third kappa shape index (κ3) is 3.16. The Morgan fingerprint density at radius 2 is 1.95 bits per heavy atom. The van der Waals surface area contributed by atoms with E-state index in [9.17, 15) is 8.42 Å². The molecule has 0 saturated carbocycles. The van der Waals surface area contributed by atoms with E-state index in [4.69, 9.17) is 11.6 Å². The van der Waals surface area contributed by atoms with Crippen molar-refractivity contribution >= 4 is 21.6 Å². The highest BCUT2D eigenvalue weighted by atomic mass is 35.5. The van der Waals surface area contributed by atoms with Crippen LogP contribution < -0.4 is 0 Å². The Labute approximate surface area is 135 Å². The van der Waals surface area contributed by atoms with E-state index < -0.39 is 10.0 Å². The van der Waals surface area contributed by atoms with E-state index in [1.54, 1.807) is 34.8 Å². The van der Waals surface area contributed by atoms with Crippen LogP contribution in [-0.2, 0) is 15.8 Å². The standard InChI is InChI=1S/C16H17ClN2O2S/c17-14-7-2-1-6-13(14)12-22(20,21)19-11-5-9-16(19)15-8-3-4-10-18-15/h1-4,6-8,10,16H,5,9,11-12H2/t16-/m0/s1. The second kappa shape index (κ2) is 6.36. The van der Waals surface area contributed by atoms with E-state index in [-0.39, 0.29) is 11.8 Å². The second-order valence-electron chi connectivity index (χ2n) is 5.37. The number of halogens is 1. The Morgan fingerprint density at radius 1 is 1.18 bits per heavy atom. The lowest BCUT2D eigenvalue weighted by Gasteiger charge is -2.23. The Hall–Kier alpha value is -1.43. The maximum absolute atomic E-state index is 12.8. The third-order valence-electron chi connectivity index (χ3n) is 3.89. The van der Waals surface area contributed by atoms with Gasteiger partial charge in [0.25, 0.3) is 0 Å². The Morgan fingerprint density at radius 3 is 2.68 bits per heavy atom. The molecule has 1 aliphatic rings. The molecule has 0 aliphatic carbocycles. The van der Waals surface area contributed by atoms with Gasteiger partial charge in [-0.3, -0.25) is 4.98 Å². The number of nitrogens with zero attached hydrogens (tertiary/aromatic N) is 2. The smallest absolute Gasteiger partial charge is 0.218 e. The molecule has 0 spiro atoms. The molecule has 1 aromatic heterocycles. The van der Waals surface area contributed by atoms with Crippen molar-refractivity contribution in [3.63, 3.8) is 0 Å². The van der Waals surface area contributed by atoms with Gasteiger partial charge < -0.3 is 0 Å². The van der Waals surface area contributed by atoms with Crippen LogP contribution in [0.3, 0.4) is 0 Å². The average Bonchev–Trinajstić information content (AvgIpc) is 3.01. The average molecular weight is 337 g/mol. The Kier molecular flexibility index (Phi) is 4.47.